The fourth-order valence-corrected chi connectivity index (χ4v) is 2.51. The molecule has 0 bridgehead atoms. The number of carbonyl (C=O) groups excluding carboxylic acids is 1. The lowest BCUT2D eigenvalue weighted by Crippen LogP contribution is -2.07. The molecular weight excluding hydrogens is 286 g/mol. The Morgan fingerprint density at radius 3 is 2.90 bits per heavy atom. The topological polar surface area (TPSA) is 70.1 Å². The summed E-state index contributed by atoms with van der Waals surface area (Å²) in [5, 5.41) is 8.09. The molecular formula is C15H13N3O2S. The van der Waals surface area contributed by atoms with Gasteiger partial charge in [-0.25, -0.2) is 9.48 Å². The summed E-state index contributed by atoms with van der Waals surface area (Å²) in [4.78, 5) is 11.9. The van der Waals surface area contributed by atoms with E-state index in [2.05, 4.69) is 5.10 Å². The average Bonchev–Trinajstić information content (AvgIpc) is 3.17. The minimum Gasteiger partial charge on any atom is -0.456 e. The van der Waals surface area contributed by atoms with E-state index in [0.29, 0.717) is 5.69 Å². The largest absolute Gasteiger partial charge is 0.456 e. The molecule has 0 unspecified atom stereocenters. The van der Waals surface area contributed by atoms with Crippen LogP contribution in [0, 0.1) is 0 Å². The molecule has 6 heteroatoms. The molecule has 0 saturated heterocycles. The number of ether oxygens (including phenoxy) is 1. The van der Waals surface area contributed by atoms with E-state index in [0.717, 1.165) is 11.3 Å². The molecule has 0 amide bonds. The van der Waals surface area contributed by atoms with E-state index >= 15 is 0 Å². The van der Waals surface area contributed by atoms with Crippen LogP contribution in [0.25, 0.3) is 5.69 Å². The van der Waals surface area contributed by atoms with Crippen molar-refractivity contribution >= 4 is 23.0 Å². The summed E-state index contributed by atoms with van der Waals surface area (Å²) in [7, 11) is 0. The molecule has 3 rings (SSSR count). The first kappa shape index (κ1) is 13.4. The quantitative estimate of drug-likeness (QED) is 0.594. The van der Waals surface area contributed by atoms with Crippen molar-refractivity contribution in [3.8, 4) is 5.69 Å². The molecule has 21 heavy (non-hydrogen) atoms. The third-order valence-electron chi connectivity index (χ3n) is 2.93. The van der Waals surface area contributed by atoms with E-state index in [1.807, 2.05) is 35.0 Å². The third kappa shape index (κ3) is 2.95. The molecule has 0 aliphatic heterocycles. The Kier molecular flexibility index (Phi) is 3.70. The highest BCUT2D eigenvalue weighted by Gasteiger charge is 2.12. The van der Waals surface area contributed by atoms with Crippen LogP contribution >= 0.6 is 11.3 Å². The third-order valence-corrected chi connectivity index (χ3v) is 3.66. The molecule has 0 fully saturated rings. The maximum Gasteiger partial charge on any atom is 0.359 e. The zero-order valence-corrected chi connectivity index (χ0v) is 11.9. The number of rotatable bonds is 4. The van der Waals surface area contributed by atoms with Crippen LogP contribution in [-0.2, 0) is 11.3 Å². The van der Waals surface area contributed by atoms with Gasteiger partial charge >= 0.3 is 5.97 Å². The first-order chi connectivity index (χ1) is 10.2. The summed E-state index contributed by atoms with van der Waals surface area (Å²) in [5.74, 6) is -0.450. The Morgan fingerprint density at radius 2 is 2.14 bits per heavy atom. The van der Waals surface area contributed by atoms with Crippen LogP contribution in [-0.4, -0.2) is 15.7 Å². The van der Waals surface area contributed by atoms with Gasteiger partial charge in [0.15, 0.2) is 5.69 Å². The van der Waals surface area contributed by atoms with Gasteiger partial charge in [-0.05, 0) is 35.0 Å². The Hall–Kier alpha value is -2.60. The van der Waals surface area contributed by atoms with E-state index in [4.69, 9.17) is 10.5 Å². The fourth-order valence-electron chi connectivity index (χ4n) is 1.86. The van der Waals surface area contributed by atoms with E-state index in [1.165, 1.54) is 0 Å². The lowest BCUT2D eigenvalue weighted by molar-refractivity contribution is 0.0465. The van der Waals surface area contributed by atoms with E-state index in [9.17, 15) is 4.79 Å². The molecule has 5 nitrogen and oxygen atoms in total. The summed E-state index contributed by atoms with van der Waals surface area (Å²) < 4.78 is 6.78. The molecule has 0 radical (unpaired) electrons. The van der Waals surface area contributed by atoms with Gasteiger partial charge in [-0.2, -0.15) is 16.4 Å². The molecule has 0 aliphatic carbocycles. The number of benzene rings is 1. The zero-order valence-electron chi connectivity index (χ0n) is 11.1. The maximum absolute atomic E-state index is 11.9. The second-order valence-electron chi connectivity index (χ2n) is 4.41. The molecule has 0 atom stereocenters. The van der Waals surface area contributed by atoms with Crippen molar-refractivity contribution in [1.29, 1.82) is 0 Å². The first-order valence-corrected chi connectivity index (χ1v) is 7.27. The molecule has 0 saturated carbocycles. The number of aromatic nitrogens is 2. The Morgan fingerprint density at radius 1 is 1.29 bits per heavy atom. The minimum absolute atomic E-state index is 0.253. The van der Waals surface area contributed by atoms with Gasteiger partial charge in [-0.1, -0.05) is 12.1 Å². The number of carbonyl (C=O) groups is 1. The molecule has 1 aromatic carbocycles. The molecule has 3 aromatic rings. The van der Waals surface area contributed by atoms with Gasteiger partial charge < -0.3 is 10.5 Å². The minimum atomic E-state index is -0.450. The summed E-state index contributed by atoms with van der Waals surface area (Å²) in [6, 6.07) is 10.9. The molecule has 2 heterocycles. The van der Waals surface area contributed by atoms with Crippen molar-refractivity contribution in [2.45, 2.75) is 6.61 Å². The predicted molar refractivity (Wildman–Crippen MR) is 81.4 cm³/mol. The molecule has 0 aliphatic rings. The van der Waals surface area contributed by atoms with Gasteiger partial charge in [-0.15, -0.1) is 0 Å². The van der Waals surface area contributed by atoms with Crippen LogP contribution < -0.4 is 5.73 Å². The number of esters is 1. The van der Waals surface area contributed by atoms with Gasteiger partial charge in [0.25, 0.3) is 0 Å². The number of hydrogen-bond acceptors (Lipinski definition) is 5. The van der Waals surface area contributed by atoms with Gasteiger partial charge in [0.05, 0.1) is 11.4 Å². The highest BCUT2D eigenvalue weighted by molar-refractivity contribution is 7.07. The summed E-state index contributed by atoms with van der Waals surface area (Å²) >= 11 is 1.57. The van der Waals surface area contributed by atoms with Crippen molar-refractivity contribution in [3.05, 3.63) is 64.6 Å². The lowest BCUT2D eigenvalue weighted by Gasteiger charge is -2.04. The van der Waals surface area contributed by atoms with Crippen molar-refractivity contribution in [1.82, 2.24) is 9.78 Å². The molecule has 2 N–H and O–H groups in total. The number of nitrogens with two attached hydrogens (primary N) is 1. The lowest BCUT2D eigenvalue weighted by atomic mass is 10.3. The van der Waals surface area contributed by atoms with Crippen LogP contribution in [0.4, 0.5) is 5.69 Å². The number of thiophene rings is 1. The zero-order chi connectivity index (χ0) is 14.7. The van der Waals surface area contributed by atoms with Crippen molar-refractivity contribution in [2.24, 2.45) is 0 Å². The van der Waals surface area contributed by atoms with Crippen molar-refractivity contribution in [3.63, 3.8) is 0 Å². The second kappa shape index (κ2) is 5.80. The molecule has 0 spiro atoms. The van der Waals surface area contributed by atoms with Crippen LogP contribution in [0.1, 0.15) is 16.1 Å². The fraction of sp³-hybridized carbons (Fsp3) is 0.0667. The first-order valence-electron chi connectivity index (χ1n) is 6.33. The van der Waals surface area contributed by atoms with Crippen molar-refractivity contribution < 1.29 is 9.53 Å². The number of para-hydroxylation sites is 2. The summed E-state index contributed by atoms with van der Waals surface area (Å²) in [6.07, 6.45) is 1.69. The van der Waals surface area contributed by atoms with Gasteiger partial charge in [0.1, 0.15) is 6.61 Å². The summed E-state index contributed by atoms with van der Waals surface area (Å²) in [6.45, 7) is 0.253. The normalized spacial score (nSPS) is 10.5. The molecule has 2 aromatic heterocycles. The van der Waals surface area contributed by atoms with Crippen LogP contribution in [0.2, 0.25) is 0 Å². The summed E-state index contributed by atoms with van der Waals surface area (Å²) in [5.41, 5.74) is 8.44. The maximum atomic E-state index is 11.9. The number of nitrogen functional groups attached to an aromatic ring is 1. The van der Waals surface area contributed by atoms with Crippen molar-refractivity contribution in [2.75, 3.05) is 5.73 Å². The average molecular weight is 299 g/mol. The Bertz CT molecular complexity index is 750. The van der Waals surface area contributed by atoms with E-state index < -0.39 is 5.97 Å². The van der Waals surface area contributed by atoms with Gasteiger partial charge in [0, 0.05) is 11.8 Å². The van der Waals surface area contributed by atoms with Gasteiger partial charge in [-0.3, -0.25) is 0 Å². The predicted octanol–water partition coefficient (Wildman–Crippen LogP) is 2.87. The second-order valence-corrected chi connectivity index (χ2v) is 5.19. The van der Waals surface area contributed by atoms with E-state index in [-0.39, 0.29) is 12.3 Å². The standard InChI is InChI=1S/C15H13N3O2S/c16-12-3-1-2-4-14(12)18-7-5-13(17-18)15(19)20-9-11-6-8-21-10-11/h1-8,10H,9,16H2. The highest BCUT2D eigenvalue weighted by atomic mass is 32.1. The number of nitrogens with zero attached hydrogens (tertiary/aromatic N) is 2. The molecule has 106 valence electrons. The Labute approximate surface area is 125 Å². The smallest absolute Gasteiger partial charge is 0.359 e. The van der Waals surface area contributed by atoms with E-state index in [1.54, 1.807) is 34.3 Å². The highest BCUT2D eigenvalue weighted by Crippen LogP contribution is 2.16. The van der Waals surface area contributed by atoms with Gasteiger partial charge in [0.2, 0.25) is 0 Å². The Balaban J connectivity index is 1.73. The monoisotopic (exact) mass is 299 g/mol. The van der Waals surface area contributed by atoms with Crippen LogP contribution in [0.3, 0.4) is 0 Å². The SMILES string of the molecule is Nc1ccccc1-n1ccc(C(=O)OCc2ccsc2)n1. The van der Waals surface area contributed by atoms with Crippen LogP contribution in [0.15, 0.2) is 53.4 Å². The van der Waals surface area contributed by atoms with Crippen LogP contribution in [0.5, 0.6) is 0 Å². The number of anilines is 1. The number of hydrogen-bond donors (Lipinski definition) is 1.